The van der Waals surface area contributed by atoms with Crippen LogP contribution >= 0.6 is 0 Å². The number of rotatable bonds is 8. The third-order valence-electron chi connectivity index (χ3n) is 3.23. The number of benzene rings is 1. The molecule has 0 aromatic heterocycles. The van der Waals surface area contributed by atoms with Gasteiger partial charge in [-0.1, -0.05) is 30.3 Å². The zero-order valence-electron chi connectivity index (χ0n) is 13.6. The number of carbonyl (C=O) groups excluding carboxylic acids is 2. The molecule has 0 bridgehead atoms. The molecule has 24 heavy (non-hydrogen) atoms. The number of carboxylic acid groups (broad SMARTS) is 1. The van der Waals surface area contributed by atoms with Crippen LogP contribution in [0.5, 0.6) is 0 Å². The molecule has 0 saturated carbocycles. The van der Waals surface area contributed by atoms with Gasteiger partial charge in [0, 0.05) is 13.5 Å². The number of carbonyl (C=O) groups is 3. The summed E-state index contributed by atoms with van der Waals surface area (Å²) in [6, 6.07) is 7.05. The van der Waals surface area contributed by atoms with Crippen LogP contribution in [-0.2, 0) is 20.7 Å². The number of aliphatic hydroxyl groups is 1. The quantitative estimate of drug-likeness (QED) is 0.585. The number of esters is 1. The summed E-state index contributed by atoms with van der Waals surface area (Å²) < 4.78 is 4.64. The first-order valence-electron chi connectivity index (χ1n) is 7.48. The predicted molar refractivity (Wildman–Crippen MR) is 85.4 cm³/mol. The van der Waals surface area contributed by atoms with E-state index >= 15 is 0 Å². The lowest BCUT2D eigenvalue weighted by Gasteiger charge is -2.23. The Kier molecular flexibility index (Phi) is 7.70. The maximum absolute atomic E-state index is 12.1. The summed E-state index contributed by atoms with van der Waals surface area (Å²) in [6.07, 6.45) is -1.37. The molecule has 0 aliphatic carbocycles. The van der Waals surface area contributed by atoms with Crippen LogP contribution in [-0.4, -0.2) is 65.4 Å². The van der Waals surface area contributed by atoms with Crippen molar-refractivity contribution in [3.05, 3.63) is 35.9 Å². The molecular weight excluding hydrogens is 316 g/mol. The number of aliphatic carboxylic acids is 1. The molecule has 0 fully saturated rings. The summed E-state index contributed by atoms with van der Waals surface area (Å²) in [4.78, 5) is 35.8. The number of hydrogen-bond donors (Lipinski definition) is 3. The molecule has 1 aromatic rings. The van der Waals surface area contributed by atoms with E-state index in [0.717, 1.165) is 10.5 Å². The van der Waals surface area contributed by atoms with Crippen LogP contribution < -0.4 is 5.32 Å². The van der Waals surface area contributed by atoms with Crippen molar-refractivity contribution < 1.29 is 29.3 Å². The molecule has 8 heteroatoms. The number of urea groups is 1. The number of aliphatic hydroxyl groups excluding tert-OH is 1. The molecule has 132 valence electrons. The van der Waals surface area contributed by atoms with Gasteiger partial charge in [-0.25, -0.2) is 14.4 Å². The fourth-order valence-corrected chi connectivity index (χ4v) is 1.96. The molecule has 0 heterocycles. The Balaban J connectivity index is 2.61. The molecule has 3 N–H and O–H groups in total. The van der Waals surface area contributed by atoms with Crippen molar-refractivity contribution in [1.29, 1.82) is 0 Å². The minimum Gasteiger partial charge on any atom is -0.480 e. The average molecular weight is 338 g/mol. The highest BCUT2D eigenvalue weighted by molar-refractivity contribution is 5.83. The largest absolute Gasteiger partial charge is 0.480 e. The van der Waals surface area contributed by atoms with Crippen LogP contribution in [0.1, 0.15) is 12.5 Å². The highest BCUT2D eigenvalue weighted by atomic mass is 16.5. The van der Waals surface area contributed by atoms with Crippen LogP contribution in [0, 0.1) is 0 Å². The van der Waals surface area contributed by atoms with Gasteiger partial charge in [0.15, 0.2) is 6.10 Å². The van der Waals surface area contributed by atoms with Gasteiger partial charge < -0.3 is 25.2 Å². The molecule has 0 aliphatic heterocycles. The standard InChI is InChI=1S/C16H22N2O6/c1-3-24-15(22)13(19)10-18(2)16(23)17-12(14(20)21)9-11-7-5-4-6-8-11/h4-8,12-13,19H,3,9-10H2,1-2H3,(H,17,23)(H,20,21)/t12-,13-/m0/s1. The molecule has 8 nitrogen and oxygen atoms in total. The Bertz CT molecular complexity index is 563. The van der Waals surface area contributed by atoms with Crippen LogP contribution in [0.15, 0.2) is 30.3 Å². The van der Waals surface area contributed by atoms with Crippen LogP contribution in [0.25, 0.3) is 0 Å². The van der Waals surface area contributed by atoms with Gasteiger partial charge in [0.2, 0.25) is 0 Å². The molecule has 0 spiro atoms. The lowest BCUT2D eigenvalue weighted by Crippen LogP contribution is -2.50. The Morgan fingerprint density at radius 2 is 1.88 bits per heavy atom. The fraction of sp³-hybridized carbons (Fsp3) is 0.438. The maximum atomic E-state index is 12.1. The molecule has 2 amide bonds. The van der Waals surface area contributed by atoms with Crippen molar-refractivity contribution in [1.82, 2.24) is 10.2 Å². The first-order valence-corrected chi connectivity index (χ1v) is 7.48. The zero-order valence-corrected chi connectivity index (χ0v) is 13.6. The minimum absolute atomic E-state index is 0.115. The average Bonchev–Trinajstić information content (AvgIpc) is 2.55. The van der Waals surface area contributed by atoms with Gasteiger partial charge in [-0.3, -0.25) is 0 Å². The highest BCUT2D eigenvalue weighted by Crippen LogP contribution is 2.04. The number of likely N-dealkylation sites (N-methyl/N-ethyl adjacent to an activating group) is 1. The van der Waals surface area contributed by atoms with Gasteiger partial charge in [-0.05, 0) is 12.5 Å². The summed E-state index contributed by atoms with van der Waals surface area (Å²) in [6.45, 7) is 1.41. The second kappa shape index (κ2) is 9.51. The summed E-state index contributed by atoms with van der Waals surface area (Å²) in [5.74, 6) is -2.01. The molecule has 0 radical (unpaired) electrons. The molecule has 1 aromatic carbocycles. The number of hydrogen-bond acceptors (Lipinski definition) is 5. The number of carboxylic acids is 1. The van der Waals surface area contributed by atoms with Crippen molar-refractivity contribution in [2.75, 3.05) is 20.2 Å². The topological polar surface area (TPSA) is 116 Å². The van der Waals surface area contributed by atoms with E-state index in [1.165, 1.54) is 7.05 Å². The Morgan fingerprint density at radius 1 is 1.25 bits per heavy atom. The molecule has 2 atom stereocenters. The molecule has 1 rings (SSSR count). The van der Waals surface area contributed by atoms with E-state index in [4.69, 9.17) is 0 Å². The summed E-state index contributed by atoms with van der Waals surface area (Å²) in [7, 11) is 1.35. The van der Waals surface area contributed by atoms with Gasteiger partial charge in [0.05, 0.1) is 13.2 Å². The first kappa shape index (κ1) is 19.4. The Hall–Kier alpha value is -2.61. The Labute approximate surface area is 140 Å². The summed E-state index contributed by atoms with van der Waals surface area (Å²) >= 11 is 0. The third-order valence-corrected chi connectivity index (χ3v) is 3.23. The van der Waals surface area contributed by atoms with E-state index in [0.29, 0.717) is 0 Å². The predicted octanol–water partition coefficient (Wildman–Crippen LogP) is 0.248. The van der Waals surface area contributed by atoms with Crippen molar-refractivity contribution in [3.8, 4) is 0 Å². The number of amides is 2. The first-order chi connectivity index (χ1) is 11.3. The van der Waals surface area contributed by atoms with Gasteiger partial charge in [-0.15, -0.1) is 0 Å². The van der Waals surface area contributed by atoms with Gasteiger partial charge in [0.25, 0.3) is 0 Å². The summed E-state index contributed by atoms with van der Waals surface area (Å²) in [5.41, 5.74) is 0.763. The highest BCUT2D eigenvalue weighted by Gasteiger charge is 2.25. The summed E-state index contributed by atoms with van der Waals surface area (Å²) in [5, 5.41) is 21.2. The van der Waals surface area contributed by atoms with Gasteiger partial charge >= 0.3 is 18.0 Å². The third kappa shape index (κ3) is 6.25. The SMILES string of the molecule is CCOC(=O)[C@@H](O)CN(C)C(=O)N[C@@H](Cc1ccccc1)C(=O)O. The molecular formula is C16H22N2O6. The van der Waals surface area contributed by atoms with E-state index < -0.39 is 30.1 Å². The minimum atomic E-state index is -1.49. The molecule has 0 unspecified atom stereocenters. The van der Waals surface area contributed by atoms with E-state index in [-0.39, 0.29) is 19.6 Å². The number of nitrogens with zero attached hydrogens (tertiary/aromatic N) is 1. The second-order valence-corrected chi connectivity index (χ2v) is 5.18. The van der Waals surface area contributed by atoms with E-state index in [9.17, 15) is 24.6 Å². The van der Waals surface area contributed by atoms with Crippen LogP contribution in [0.2, 0.25) is 0 Å². The van der Waals surface area contributed by atoms with E-state index in [2.05, 4.69) is 10.1 Å². The van der Waals surface area contributed by atoms with Gasteiger partial charge in [0.1, 0.15) is 6.04 Å². The number of ether oxygens (including phenoxy) is 1. The zero-order chi connectivity index (χ0) is 18.1. The molecule has 0 aliphatic rings. The second-order valence-electron chi connectivity index (χ2n) is 5.18. The van der Waals surface area contributed by atoms with Crippen LogP contribution in [0.4, 0.5) is 4.79 Å². The van der Waals surface area contributed by atoms with Crippen molar-refractivity contribution >= 4 is 18.0 Å². The van der Waals surface area contributed by atoms with Crippen LogP contribution in [0.3, 0.4) is 0 Å². The normalized spacial score (nSPS) is 12.8. The maximum Gasteiger partial charge on any atom is 0.336 e. The smallest absolute Gasteiger partial charge is 0.336 e. The fourth-order valence-electron chi connectivity index (χ4n) is 1.96. The van der Waals surface area contributed by atoms with E-state index in [1.54, 1.807) is 31.2 Å². The lowest BCUT2D eigenvalue weighted by molar-refractivity contribution is -0.153. The Morgan fingerprint density at radius 3 is 2.42 bits per heavy atom. The lowest BCUT2D eigenvalue weighted by atomic mass is 10.1. The van der Waals surface area contributed by atoms with Crippen molar-refractivity contribution in [3.63, 3.8) is 0 Å². The van der Waals surface area contributed by atoms with Crippen molar-refractivity contribution in [2.24, 2.45) is 0 Å². The van der Waals surface area contributed by atoms with Gasteiger partial charge in [-0.2, -0.15) is 0 Å². The van der Waals surface area contributed by atoms with E-state index in [1.807, 2.05) is 6.07 Å². The molecule has 0 saturated heterocycles. The monoisotopic (exact) mass is 338 g/mol. The number of nitrogens with one attached hydrogen (secondary N) is 1. The van der Waals surface area contributed by atoms with Crippen molar-refractivity contribution in [2.45, 2.75) is 25.5 Å².